The molecule has 2 aromatic rings. The fourth-order valence-corrected chi connectivity index (χ4v) is 4.05. The summed E-state index contributed by atoms with van der Waals surface area (Å²) in [5.74, 6) is 0.184. The summed E-state index contributed by atoms with van der Waals surface area (Å²) >= 11 is 0. The predicted octanol–water partition coefficient (Wildman–Crippen LogP) is 5.19. The van der Waals surface area contributed by atoms with Crippen LogP contribution in [0.25, 0.3) is 5.57 Å². The highest BCUT2D eigenvalue weighted by Gasteiger charge is 2.22. The molecule has 30 heavy (non-hydrogen) atoms. The summed E-state index contributed by atoms with van der Waals surface area (Å²) in [7, 11) is 0. The quantitative estimate of drug-likeness (QED) is 0.625. The van der Waals surface area contributed by atoms with Crippen molar-refractivity contribution in [3.05, 3.63) is 88.1 Å². The second-order valence-corrected chi connectivity index (χ2v) is 8.35. The zero-order valence-corrected chi connectivity index (χ0v) is 18.3. The third kappa shape index (κ3) is 5.19. The van der Waals surface area contributed by atoms with Crippen molar-refractivity contribution in [3.63, 3.8) is 0 Å². The van der Waals surface area contributed by atoms with E-state index in [-0.39, 0.29) is 5.91 Å². The van der Waals surface area contributed by atoms with E-state index >= 15 is 0 Å². The highest BCUT2D eigenvalue weighted by Crippen LogP contribution is 2.28. The van der Waals surface area contributed by atoms with Crippen LogP contribution >= 0.6 is 0 Å². The van der Waals surface area contributed by atoms with Crippen molar-refractivity contribution in [2.75, 3.05) is 6.54 Å². The maximum atomic E-state index is 13.2. The van der Waals surface area contributed by atoms with Crippen molar-refractivity contribution in [2.24, 2.45) is 0 Å². The molecule has 0 spiro atoms. The first kappa shape index (κ1) is 21.8. The van der Waals surface area contributed by atoms with Crippen molar-refractivity contribution >= 4 is 11.5 Å². The SMILES string of the molecule is C=C(CCc1ccc2c(c1)CN(C(=O)CC(=C(C)C)c1ccccc1C)CC2)NO. The summed E-state index contributed by atoms with van der Waals surface area (Å²) in [5.41, 5.74) is 11.2. The standard InChI is InChI=1S/C26H32N2O2/c1-18(2)25(24-8-6-5-7-19(24)3)16-26(29)28-14-13-22-12-11-21(15-23(22)17-28)10-9-20(4)27-30/h5-8,11-12,15,27,30H,4,9-10,13-14,16-17H2,1-3H3. The van der Waals surface area contributed by atoms with Gasteiger partial charge >= 0.3 is 0 Å². The largest absolute Gasteiger partial charge is 0.338 e. The third-order valence-electron chi connectivity index (χ3n) is 5.91. The molecule has 4 heteroatoms. The van der Waals surface area contributed by atoms with Gasteiger partial charge in [-0.15, -0.1) is 0 Å². The van der Waals surface area contributed by atoms with Crippen LogP contribution < -0.4 is 5.48 Å². The molecule has 1 aliphatic heterocycles. The minimum atomic E-state index is 0.184. The maximum absolute atomic E-state index is 13.2. The molecule has 0 aliphatic carbocycles. The van der Waals surface area contributed by atoms with Crippen LogP contribution in [-0.4, -0.2) is 22.6 Å². The van der Waals surface area contributed by atoms with E-state index in [4.69, 9.17) is 5.21 Å². The Balaban J connectivity index is 1.72. The lowest BCUT2D eigenvalue weighted by molar-refractivity contribution is -0.131. The first-order chi connectivity index (χ1) is 14.4. The number of rotatable bonds is 7. The second-order valence-electron chi connectivity index (χ2n) is 8.35. The van der Waals surface area contributed by atoms with Gasteiger partial charge in [0, 0.05) is 18.8 Å². The Morgan fingerprint density at radius 3 is 2.63 bits per heavy atom. The monoisotopic (exact) mass is 404 g/mol. The zero-order chi connectivity index (χ0) is 21.7. The average Bonchev–Trinajstić information content (AvgIpc) is 2.75. The molecule has 1 amide bonds. The third-order valence-corrected chi connectivity index (χ3v) is 5.91. The molecule has 0 aromatic heterocycles. The molecule has 0 saturated carbocycles. The van der Waals surface area contributed by atoms with E-state index in [1.54, 1.807) is 0 Å². The molecule has 1 heterocycles. The second kappa shape index (κ2) is 9.77. The molecule has 158 valence electrons. The number of nitrogens with one attached hydrogen (secondary N) is 1. The molecule has 3 rings (SSSR count). The number of carbonyl (C=O) groups excluding carboxylic acids is 1. The average molecular weight is 405 g/mol. The van der Waals surface area contributed by atoms with Gasteiger partial charge in [0.2, 0.25) is 5.91 Å². The number of fused-ring (bicyclic) bond motifs is 1. The van der Waals surface area contributed by atoms with Gasteiger partial charge < -0.3 is 4.90 Å². The number of benzene rings is 2. The molecule has 4 nitrogen and oxygen atoms in total. The molecular formula is C26H32N2O2. The highest BCUT2D eigenvalue weighted by molar-refractivity contribution is 5.90. The molecule has 2 N–H and O–H groups in total. The minimum absolute atomic E-state index is 0.184. The van der Waals surface area contributed by atoms with Crippen molar-refractivity contribution in [1.82, 2.24) is 10.4 Å². The van der Waals surface area contributed by atoms with Crippen LogP contribution in [0.5, 0.6) is 0 Å². The van der Waals surface area contributed by atoms with E-state index in [9.17, 15) is 4.79 Å². The Labute approximate surface area is 179 Å². The van der Waals surface area contributed by atoms with Crippen LogP contribution in [0.4, 0.5) is 0 Å². The van der Waals surface area contributed by atoms with Crippen LogP contribution in [-0.2, 0) is 24.2 Å². The summed E-state index contributed by atoms with van der Waals surface area (Å²) in [6, 6.07) is 14.8. The lowest BCUT2D eigenvalue weighted by Gasteiger charge is -2.30. The molecule has 2 aromatic carbocycles. The highest BCUT2D eigenvalue weighted by atomic mass is 16.5. The van der Waals surface area contributed by atoms with Crippen LogP contribution in [0.1, 0.15) is 54.5 Å². The zero-order valence-electron chi connectivity index (χ0n) is 18.3. The van der Waals surface area contributed by atoms with Crippen molar-refractivity contribution in [3.8, 4) is 0 Å². The molecule has 1 aliphatic rings. The Hall–Kier alpha value is -2.85. The van der Waals surface area contributed by atoms with Crippen LogP contribution in [0.3, 0.4) is 0 Å². The Kier molecular flexibility index (Phi) is 7.11. The Morgan fingerprint density at radius 1 is 1.17 bits per heavy atom. The van der Waals surface area contributed by atoms with Gasteiger partial charge in [-0.2, -0.15) is 0 Å². The topological polar surface area (TPSA) is 52.6 Å². The Bertz CT molecular complexity index is 971. The summed E-state index contributed by atoms with van der Waals surface area (Å²) in [6.45, 7) is 11.5. The number of hydroxylamine groups is 1. The first-order valence-corrected chi connectivity index (χ1v) is 10.6. The van der Waals surface area contributed by atoms with Gasteiger partial charge in [0.05, 0.1) is 6.42 Å². The van der Waals surface area contributed by atoms with Crippen LogP contribution in [0.15, 0.2) is 60.3 Å². The molecule has 0 atom stereocenters. The number of hydrogen-bond donors (Lipinski definition) is 2. The van der Waals surface area contributed by atoms with Crippen LogP contribution in [0, 0.1) is 6.92 Å². The summed E-state index contributed by atoms with van der Waals surface area (Å²) in [4.78, 5) is 15.2. The lowest BCUT2D eigenvalue weighted by atomic mass is 9.92. The van der Waals surface area contributed by atoms with Gasteiger partial charge in [-0.1, -0.05) is 54.6 Å². The fourth-order valence-electron chi connectivity index (χ4n) is 4.05. The van der Waals surface area contributed by atoms with Gasteiger partial charge in [-0.3, -0.25) is 15.5 Å². The fraction of sp³-hybridized carbons (Fsp3) is 0.346. The van der Waals surface area contributed by atoms with Gasteiger partial charge in [0.15, 0.2) is 0 Å². The van der Waals surface area contributed by atoms with Crippen molar-refractivity contribution < 1.29 is 10.0 Å². The Morgan fingerprint density at radius 2 is 1.93 bits per heavy atom. The van der Waals surface area contributed by atoms with Crippen molar-refractivity contribution in [2.45, 2.75) is 53.0 Å². The van der Waals surface area contributed by atoms with Crippen LogP contribution in [0.2, 0.25) is 0 Å². The molecule has 0 fully saturated rings. The van der Waals surface area contributed by atoms with Gasteiger partial charge in [-0.05, 0) is 73.4 Å². The number of nitrogens with zero attached hydrogens (tertiary/aromatic N) is 1. The van der Waals surface area contributed by atoms with Gasteiger partial charge in [-0.25, -0.2) is 0 Å². The maximum Gasteiger partial charge on any atom is 0.227 e. The molecule has 0 radical (unpaired) electrons. The van der Waals surface area contributed by atoms with Gasteiger partial charge in [0.1, 0.15) is 0 Å². The van der Waals surface area contributed by atoms with E-state index in [0.29, 0.717) is 25.1 Å². The number of allylic oxidation sites excluding steroid dienone is 2. The van der Waals surface area contributed by atoms with E-state index in [2.05, 4.69) is 63.2 Å². The summed E-state index contributed by atoms with van der Waals surface area (Å²) in [6.07, 6.45) is 2.81. The number of aryl methyl sites for hydroxylation is 2. The van der Waals surface area contributed by atoms with E-state index < -0.39 is 0 Å². The minimum Gasteiger partial charge on any atom is -0.338 e. The molecule has 0 saturated heterocycles. The van der Waals surface area contributed by atoms with Gasteiger partial charge in [0.25, 0.3) is 0 Å². The van der Waals surface area contributed by atoms with E-state index in [0.717, 1.165) is 25.0 Å². The number of hydrogen-bond acceptors (Lipinski definition) is 3. The number of carbonyl (C=O) groups is 1. The van der Waals surface area contributed by atoms with Crippen molar-refractivity contribution in [1.29, 1.82) is 0 Å². The first-order valence-electron chi connectivity index (χ1n) is 10.6. The predicted molar refractivity (Wildman–Crippen MR) is 122 cm³/mol. The summed E-state index contributed by atoms with van der Waals surface area (Å²) in [5, 5.41) is 8.91. The molecular weight excluding hydrogens is 372 g/mol. The normalized spacial score (nSPS) is 12.9. The summed E-state index contributed by atoms with van der Waals surface area (Å²) < 4.78 is 0. The lowest BCUT2D eigenvalue weighted by Crippen LogP contribution is -2.36. The van der Waals surface area contributed by atoms with E-state index in [1.165, 1.54) is 33.4 Å². The van der Waals surface area contributed by atoms with E-state index in [1.807, 2.05) is 17.0 Å². The number of amides is 1. The molecule has 0 bridgehead atoms. The molecule has 0 unspecified atom stereocenters. The smallest absolute Gasteiger partial charge is 0.227 e.